The molecule has 0 unspecified atom stereocenters. The number of benzene rings is 1. The molecule has 27 heavy (non-hydrogen) atoms. The van der Waals surface area contributed by atoms with Gasteiger partial charge in [-0.3, -0.25) is 9.78 Å². The van der Waals surface area contributed by atoms with Crippen LogP contribution in [0.15, 0.2) is 48.7 Å². The van der Waals surface area contributed by atoms with Crippen LogP contribution in [0.5, 0.6) is 0 Å². The van der Waals surface area contributed by atoms with Gasteiger partial charge in [-0.2, -0.15) is 0 Å². The highest BCUT2D eigenvalue weighted by molar-refractivity contribution is 5.93. The summed E-state index contributed by atoms with van der Waals surface area (Å²) in [6, 6.07) is 13.7. The Bertz CT molecular complexity index is 770. The highest BCUT2D eigenvalue weighted by Gasteiger charge is 2.38. The van der Waals surface area contributed by atoms with E-state index >= 15 is 0 Å². The summed E-state index contributed by atoms with van der Waals surface area (Å²) in [6.45, 7) is 4.32. The van der Waals surface area contributed by atoms with Gasteiger partial charge in [0.25, 0.3) is 5.91 Å². The minimum absolute atomic E-state index is 0.129. The average molecular weight is 367 g/mol. The lowest BCUT2D eigenvalue weighted by molar-refractivity contribution is -0.116. The first-order valence-electron chi connectivity index (χ1n) is 9.49. The molecule has 2 aliphatic heterocycles. The van der Waals surface area contributed by atoms with E-state index in [0.717, 1.165) is 50.4 Å². The van der Waals surface area contributed by atoms with Gasteiger partial charge >= 0.3 is 0 Å². The molecule has 2 aromatic rings. The van der Waals surface area contributed by atoms with Crippen molar-refractivity contribution in [2.24, 2.45) is 0 Å². The first-order chi connectivity index (χ1) is 13.2. The summed E-state index contributed by atoms with van der Waals surface area (Å²) < 4.78 is 11.6. The predicted octanol–water partition coefficient (Wildman–Crippen LogP) is 2.40. The molecule has 2 saturated heterocycles. The van der Waals surface area contributed by atoms with E-state index in [9.17, 15) is 4.79 Å². The number of pyridine rings is 1. The van der Waals surface area contributed by atoms with Gasteiger partial charge in [-0.15, -0.1) is 0 Å². The van der Waals surface area contributed by atoms with E-state index in [0.29, 0.717) is 18.8 Å². The molecule has 2 aliphatic rings. The fourth-order valence-electron chi connectivity index (χ4n) is 3.72. The van der Waals surface area contributed by atoms with Crippen molar-refractivity contribution in [1.29, 1.82) is 0 Å². The maximum Gasteiger partial charge on any atom is 0.270 e. The van der Waals surface area contributed by atoms with Crippen LogP contribution in [0.25, 0.3) is 0 Å². The van der Waals surface area contributed by atoms with Crippen molar-refractivity contribution in [2.45, 2.75) is 25.0 Å². The summed E-state index contributed by atoms with van der Waals surface area (Å²) in [5.41, 5.74) is 2.40. The number of carbonyl (C=O) groups is 1. The summed E-state index contributed by atoms with van der Waals surface area (Å²) >= 11 is 0. The van der Waals surface area contributed by atoms with Gasteiger partial charge in [0, 0.05) is 57.6 Å². The summed E-state index contributed by atoms with van der Waals surface area (Å²) in [5, 5.41) is 2.94. The molecule has 1 spiro atoms. The molecule has 3 heterocycles. The van der Waals surface area contributed by atoms with Crippen LogP contribution in [0.1, 0.15) is 28.9 Å². The molecule has 0 saturated carbocycles. The second kappa shape index (κ2) is 8.06. The summed E-state index contributed by atoms with van der Waals surface area (Å²) in [7, 11) is 0. The molecular weight excluding hydrogens is 342 g/mol. The minimum Gasteiger partial charge on any atom is -0.381 e. The lowest BCUT2D eigenvalue weighted by atomic mass is 9.92. The SMILES string of the molecule is O=C(NCc1ccccc1)c1cc(N2CCOC3(CCOCC3)C2)ccn1. The fourth-order valence-corrected chi connectivity index (χ4v) is 3.72. The van der Waals surface area contributed by atoms with Crippen molar-refractivity contribution in [2.75, 3.05) is 37.8 Å². The van der Waals surface area contributed by atoms with Gasteiger partial charge in [-0.1, -0.05) is 30.3 Å². The molecule has 4 rings (SSSR count). The standard InChI is InChI=1S/C21H25N3O3/c25-20(23-15-17-4-2-1-3-5-17)19-14-18(6-9-22-19)24-10-13-27-21(16-24)7-11-26-12-8-21/h1-6,9,14H,7-8,10-13,15-16H2,(H,23,25). The Morgan fingerprint density at radius 1 is 1.15 bits per heavy atom. The number of aromatic nitrogens is 1. The number of amides is 1. The Kier molecular flexibility index (Phi) is 5.36. The van der Waals surface area contributed by atoms with Gasteiger partial charge in [-0.05, 0) is 17.7 Å². The van der Waals surface area contributed by atoms with Crippen molar-refractivity contribution in [3.05, 3.63) is 59.9 Å². The molecule has 6 heteroatoms. The van der Waals surface area contributed by atoms with E-state index in [2.05, 4.69) is 15.2 Å². The first-order valence-corrected chi connectivity index (χ1v) is 9.49. The Balaban J connectivity index is 1.43. The van der Waals surface area contributed by atoms with Crippen molar-refractivity contribution < 1.29 is 14.3 Å². The third-order valence-corrected chi connectivity index (χ3v) is 5.29. The minimum atomic E-state index is -0.158. The van der Waals surface area contributed by atoms with Crippen LogP contribution in [-0.2, 0) is 16.0 Å². The third kappa shape index (κ3) is 4.28. The van der Waals surface area contributed by atoms with Crippen molar-refractivity contribution >= 4 is 11.6 Å². The molecule has 0 radical (unpaired) electrons. The van der Waals surface area contributed by atoms with Crippen LogP contribution in [0, 0.1) is 0 Å². The maximum atomic E-state index is 12.5. The molecule has 6 nitrogen and oxygen atoms in total. The Morgan fingerprint density at radius 2 is 1.96 bits per heavy atom. The van der Waals surface area contributed by atoms with Crippen molar-refractivity contribution in [3.63, 3.8) is 0 Å². The van der Waals surface area contributed by atoms with Crippen molar-refractivity contribution in [1.82, 2.24) is 10.3 Å². The van der Waals surface area contributed by atoms with Gasteiger partial charge in [0.2, 0.25) is 0 Å². The smallest absolute Gasteiger partial charge is 0.270 e. The molecule has 0 bridgehead atoms. The Labute approximate surface area is 159 Å². The maximum absolute atomic E-state index is 12.5. The number of hydrogen-bond donors (Lipinski definition) is 1. The number of nitrogens with one attached hydrogen (secondary N) is 1. The number of carbonyl (C=O) groups excluding carboxylic acids is 1. The highest BCUT2D eigenvalue weighted by atomic mass is 16.5. The molecule has 2 fully saturated rings. The second-order valence-electron chi connectivity index (χ2n) is 7.13. The molecule has 1 aromatic heterocycles. The summed E-state index contributed by atoms with van der Waals surface area (Å²) in [6.07, 6.45) is 3.54. The van der Waals surface area contributed by atoms with Gasteiger partial charge in [-0.25, -0.2) is 0 Å². The first kappa shape index (κ1) is 17.9. The van der Waals surface area contributed by atoms with E-state index in [1.807, 2.05) is 42.5 Å². The average Bonchev–Trinajstić information content (AvgIpc) is 2.73. The van der Waals surface area contributed by atoms with Gasteiger partial charge in [0.05, 0.1) is 12.2 Å². The summed E-state index contributed by atoms with van der Waals surface area (Å²) in [5.74, 6) is -0.158. The van der Waals surface area contributed by atoms with Gasteiger partial charge in [0.15, 0.2) is 0 Å². The van der Waals surface area contributed by atoms with Crippen LogP contribution in [0.2, 0.25) is 0 Å². The van der Waals surface area contributed by atoms with Gasteiger partial charge in [0.1, 0.15) is 5.69 Å². The molecule has 142 valence electrons. The second-order valence-corrected chi connectivity index (χ2v) is 7.13. The number of anilines is 1. The molecule has 1 N–H and O–H groups in total. The lowest BCUT2D eigenvalue weighted by Crippen LogP contribution is -2.54. The number of ether oxygens (including phenoxy) is 2. The van der Waals surface area contributed by atoms with E-state index in [1.165, 1.54) is 0 Å². The summed E-state index contributed by atoms with van der Waals surface area (Å²) in [4.78, 5) is 19.1. The Morgan fingerprint density at radius 3 is 2.78 bits per heavy atom. The number of hydrogen-bond acceptors (Lipinski definition) is 5. The number of rotatable bonds is 4. The highest BCUT2D eigenvalue weighted by Crippen LogP contribution is 2.31. The predicted molar refractivity (Wildman–Crippen MR) is 103 cm³/mol. The fraction of sp³-hybridized carbons (Fsp3) is 0.429. The largest absolute Gasteiger partial charge is 0.381 e. The van der Waals surface area contributed by atoms with Crippen LogP contribution in [0.3, 0.4) is 0 Å². The molecule has 1 aromatic carbocycles. The molecular formula is C21H25N3O3. The Hall–Kier alpha value is -2.44. The van der Waals surface area contributed by atoms with E-state index < -0.39 is 0 Å². The van der Waals surface area contributed by atoms with Crippen LogP contribution in [0.4, 0.5) is 5.69 Å². The van der Waals surface area contributed by atoms with Gasteiger partial charge < -0.3 is 19.7 Å². The van der Waals surface area contributed by atoms with Crippen molar-refractivity contribution in [3.8, 4) is 0 Å². The van der Waals surface area contributed by atoms with Crippen LogP contribution in [-0.4, -0.2) is 49.4 Å². The quantitative estimate of drug-likeness (QED) is 0.899. The third-order valence-electron chi connectivity index (χ3n) is 5.29. The van der Waals surface area contributed by atoms with E-state index in [4.69, 9.17) is 9.47 Å². The zero-order valence-corrected chi connectivity index (χ0v) is 15.4. The lowest BCUT2D eigenvalue weighted by Gasteiger charge is -2.45. The topological polar surface area (TPSA) is 63.7 Å². The molecule has 0 atom stereocenters. The van der Waals surface area contributed by atoms with Crippen LogP contribution < -0.4 is 10.2 Å². The van der Waals surface area contributed by atoms with E-state index in [-0.39, 0.29) is 11.5 Å². The van der Waals surface area contributed by atoms with Crippen LogP contribution >= 0.6 is 0 Å². The number of morpholine rings is 1. The normalized spacial score (nSPS) is 19.0. The number of nitrogens with zero attached hydrogens (tertiary/aromatic N) is 2. The zero-order chi connectivity index (χ0) is 18.5. The zero-order valence-electron chi connectivity index (χ0n) is 15.4. The van der Waals surface area contributed by atoms with E-state index in [1.54, 1.807) is 6.20 Å². The monoisotopic (exact) mass is 367 g/mol. The molecule has 1 amide bonds. The molecule has 0 aliphatic carbocycles.